The van der Waals surface area contributed by atoms with Gasteiger partial charge in [-0.05, 0) is 23.8 Å². The van der Waals surface area contributed by atoms with E-state index in [2.05, 4.69) is 20.5 Å². The fraction of sp³-hybridized carbons (Fsp3) is 0.167. The molecule has 4 aromatic rings. The number of aromatic nitrogens is 3. The Balaban J connectivity index is 1.22. The van der Waals surface area contributed by atoms with E-state index in [9.17, 15) is 9.18 Å². The lowest BCUT2D eigenvalue weighted by Crippen LogP contribution is -2.28. The number of rotatable bonds is 9. The number of nitrogens with zero attached hydrogens (tertiary/aromatic N) is 4. The number of halogens is 1. The van der Waals surface area contributed by atoms with Crippen molar-refractivity contribution in [1.29, 1.82) is 0 Å². The van der Waals surface area contributed by atoms with Gasteiger partial charge in [-0.3, -0.25) is 4.79 Å². The van der Waals surface area contributed by atoms with Crippen LogP contribution in [0, 0.1) is 5.82 Å². The van der Waals surface area contributed by atoms with Crippen molar-refractivity contribution in [3.63, 3.8) is 0 Å². The first kappa shape index (κ1) is 22.3. The van der Waals surface area contributed by atoms with Crippen LogP contribution in [0.15, 0.2) is 72.1 Å². The molecule has 0 spiro atoms. The van der Waals surface area contributed by atoms with E-state index in [1.54, 1.807) is 24.3 Å². The van der Waals surface area contributed by atoms with Crippen molar-refractivity contribution in [3.8, 4) is 16.5 Å². The van der Waals surface area contributed by atoms with Crippen LogP contribution in [0.1, 0.15) is 11.3 Å². The Labute approximate surface area is 194 Å². The summed E-state index contributed by atoms with van der Waals surface area (Å²) in [6, 6.07) is 19.6. The molecule has 2 aromatic carbocycles. The van der Waals surface area contributed by atoms with Crippen molar-refractivity contribution in [2.45, 2.75) is 13.1 Å². The molecule has 1 N–H and O–H groups in total. The van der Waals surface area contributed by atoms with Crippen molar-refractivity contribution in [2.24, 2.45) is 0 Å². The number of anilines is 1. The molecule has 2 aromatic heterocycles. The number of amides is 1. The zero-order chi connectivity index (χ0) is 23.0. The maximum Gasteiger partial charge on any atom is 0.258 e. The molecule has 0 saturated carbocycles. The minimum Gasteiger partial charge on any atom is -0.466 e. The summed E-state index contributed by atoms with van der Waals surface area (Å²) in [4.78, 5) is 18.6. The number of carbonyl (C=O) groups is 1. The second-order valence-corrected chi connectivity index (χ2v) is 8.15. The van der Waals surface area contributed by atoms with Crippen molar-refractivity contribution in [1.82, 2.24) is 20.5 Å². The maximum atomic E-state index is 13.0. The summed E-state index contributed by atoms with van der Waals surface area (Å²) in [7, 11) is 1.86. The average molecular weight is 464 g/mol. The van der Waals surface area contributed by atoms with Crippen molar-refractivity contribution in [2.75, 3.05) is 18.6 Å². The number of hydrogen-bond acceptors (Lipinski definition) is 7. The summed E-state index contributed by atoms with van der Waals surface area (Å²) < 4.78 is 18.5. The fourth-order valence-electron chi connectivity index (χ4n) is 3.02. The van der Waals surface area contributed by atoms with Crippen molar-refractivity contribution in [3.05, 3.63) is 89.2 Å². The van der Waals surface area contributed by atoms with Crippen LogP contribution in [0.2, 0.25) is 0 Å². The zero-order valence-corrected chi connectivity index (χ0v) is 18.8. The number of hydrogen-bond donors (Lipinski definition) is 1. The molecule has 0 fully saturated rings. The number of ether oxygens (including phenoxy) is 1. The van der Waals surface area contributed by atoms with E-state index in [1.165, 1.54) is 23.5 Å². The molecule has 1 amide bonds. The topological polar surface area (TPSA) is 80.2 Å². The maximum absolute atomic E-state index is 13.0. The summed E-state index contributed by atoms with van der Waals surface area (Å²) in [6.45, 7) is 0.708. The monoisotopic (exact) mass is 463 g/mol. The van der Waals surface area contributed by atoms with E-state index in [4.69, 9.17) is 4.74 Å². The lowest BCUT2D eigenvalue weighted by atomic mass is 10.2. The first-order valence-electron chi connectivity index (χ1n) is 10.3. The lowest BCUT2D eigenvalue weighted by Gasteiger charge is -2.17. The lowest BCUT2D eigenvalue weighted by molar-refractivity contribution is -0.123. The molecule has 33 heavy (non-hydrogen) atoms. The second-order valence-electron chi connectivity index (χ2n) is 7.29. The third-order valence-corrected chi connectivity index (χ3v) is 5.68. The zero-order valence-electron chi connectivity index (χ0n) is 17.9. The highest BCUT2D eigenvalue weighted by molar-refractivity contribution is 7.13. The highest BCUT2D eigenvalue weighted by atomic mass is 32.1. The van der Waals surface area contributed by atoms with Crippen LogP contribution in [0.4, 0.5) is 10.2 Å². The summed E-state index contributed by atoms with van der Waals surface area (Å²) in [6.07, 6.45) is 0. The van der Waals surface area contributed by atoms with Gasteiger partial charge in [0.15, 0.2) is 12.4 Å². The predicted molar refractivity (Wildman–Crippen MR) is 125 cm³/mol. The summed E-state index contributed by atoms with van der Waals surface area (Å²) >= 11 is 1.54. The van der Waals surface area contributed by atoms with E-state index in [0.717, 1.165) is 21.8 Å². The number of nitrogens with one attached hydrogen (secondary N) is 1. The SMILES string of the molecule is CN(Cc1ccc(F)cc1)c1ccc(OCC(=O)NCc2csc(-c3ccccc3)n2)nn1. The van der Waals surface area contributed by atoms with Crippen LogP contribution in [0.3, 0.4) is 0 Å². The largest absolute Gasteiger partial charge is 0.466 e. The molecule has 4 rings (SSSR count). The number of carbonyl (C=O) groups excluding carboxylic acids is 1. The number of thiazole rings is 1. The van der Waals surface area contributed by atoms with Gasteiger partial charge in [-0.15, -0.1) is 21.5 Å². The number of benzene rings is 2. The Bertz CT molecular complexity index is 1180. The van der Waals surface area contributed by atoms with Gasteiger partial charge in [0, 0.05) is 30.6 Å². The fourth-order valence-corrected chi connectivity index (χ4v) is 3.85. The molecule has 168 valence electrons. The molecule has 0 aliphatic rings. The Hall–Kier alpha value is -3.85. The van der Waals surface area contributed by atoms with Crippen LogP contribution in [0.5, 0.6) is 5.88 Å². The minimum atomic E-state index is -0.274. The molecule has 0 aliphatic heterocycles. The van der Waals surface area contributed by atoms with E-state index in [1.807, 2.05) is 47.7 Å². The Morgan fingerprint density at radius 2 is 1.85 bits per heavy atom. The minimum absolute atomic E-state index is 0.172. The molecule has 2 heterocycles. The van der Waals surface area contributed by atoms with Crippen LogP contribution < -0.4 is 15.0 Å². The van der Waals surface area contributed by atoms with Crippen molar-refractivity contribution < 1.29 is 13.9 Å². The molecule has 0 saturated heterocycles. The van der Waals surface area contributed by atoms with E-state index in [0.29, 0.717) is 18.9 Å². The van der Waals surface area contributed by atoms with Crippen LogP contribution in [0.25, 0.3) is 10.6 Å². The Morgan fingerprint density at radius 3 is 2.58 bits per heavy atom. The highest BCUT2D eigenvalue weighted by Crippen LogP contribution is 2.23. The molecule has 0 unspecified atom stereocenters. The van der Waals surface area contributed by atoms with Gasteiger partial charge in [-0.25, -0.2) is 9.37 Å². The van der Waals surface area contributed by atoms with Crippen LogP contribution in [-0.2, 0) is 17.9 Å². The molecule has 0 aliphatic carbocycles. The standard InChI is InChI=1S/C24H22FN5O2S/c1-30(14-17-7-9-19(25)10-8-17)21-11-12-23(29-28-21)32-15-22(31)26-13-20-16-33-24(27-20)18-5-3-2-4-6-18/h2-12,16H,13-15H2,1H3,(H,26,31). The van der Waals surface area contributed by atoms with Gasteiger partial charge in [-0.1, -0.05) is 42.5 Å². The molecule has 0 atom stereocenters. The van der Waals surface area contributed by atoms with Crippen LogP contribution in [-0.4, -0.2) is 34.7 Å². The Kier molecular flexibility index (Phi) is 7.21. The van der Waals surface area contributed by atoms with Crippen molar-refractivity contribution >= 4 is 23.1 Å². The summed E-state index contributed by atoms with van der Waals surface area (Å²) in [5.41, 5.74) is 2.79. The Morgan fingerprint density at radius 1 is 1.06 bits per heavy atom. The smallest absolute Gasteiger partial charge is 0.258 e. The third-order valence-electron chi connectivity index (χ3n) is 4.74. The average Bonchev–Trinajstić information content (AvgIpc) is 3.33. The van der Waals surface area contributed by atoms with Gasteiger partial charge < -0.3 is 15.0 Å². The van der Waals surface area contributed by atoms with Gasteiger partial charge >= 0.3 is 0 Å². The van der Waals surface area contributed by atoms with Gasteiger partial charge in [0.2, 0.25) is 5.88 Å². The quantitative estimate of drug-likeness (QED) is 0.403. The van der Waals surface area contributed by atoms with Gasteiger partial charge in [0.05, 0.1) is 12.2 Å². The summed E-state index contributed by atoms with van der Waals surface area (Å²) in [5.74, 6) is 0.344. The molecule has 9 heteroatoms. The first-order chi connectivity index (χ1) is 16.1. The van der Waals surface area contributed by atoms with E-state index < -0.39 is 0 Å². The molecular formula is C24H22FN5O2S. The molecule has 0 bridgehead atoms. The summed E-state index contributed by atoms with van der Waals surface area (Å²) in [5, 5.41) is 13.8. The highest BCUT2D eigenvalue weighted by Gasteiger charge is 2.09. The molecule has 7 nitrogen and oxygen atoms in total. The third kappa shape index (κ3) is 6.33. The normalized spacial score (nSPS) is 10.6. The second kappa shape index (κ2) is 10.6. The first-order valence-corrected chi connectivity index (χ1v) is 11.1. The van der Waals surface area contributed by atoms with Gasteiger partial charge in [-0.2, -0.15) is 0 Å². The molecule has 0 radical (unpaired) electrons. The van der Waals surface area contributed by atoms with Gasteiger partial charge in [0.25, 0.3) is 5.91 Å². The van der Waals surface area contributed by atoms with Gasteiger partial charge in [0.1, 0.15) is 10.8 Å². The van der Waals surface area contributed by atoms with Crippen LogP contribution >= 0.6 is 11.3 Å². The predicted octanol–water partition coefficient (Wildman–Crippen LogP) is 4.07. The van der Waals surface area contributed by atoms with E-state index in [-0.39, 0.29) is 24.2 Å². The molecular weight excluding hydrogens is 441 g/mol. The van der Waals surface area contributed by atoms with E-state index >= 15 is 0 Å².